The van der Waals surface area contributed by atoms with Crippen molar-refractivity contribution in [1.82, 2.24) is 10.3 Å². The first-order valence-electron chi connectivity index (χ1n) is 13.8. The zero-order chi connectivity index (χ0) is 28.6. The summed E-state index contributed by atoms with van der Waals surface area (Å²) in [7, 11) is 11.9. The summed E-state index contributed by atoms with van der Waals surface area (Å²) in [4.78, 5) is 34.3. The number of hydrogen-bond acceptors (Lipinski definition) is 7. The molecule has 3 aliphatic rings. The van der Waals surface area contributed by atoms with Crippen LogP contribution < -0.4 is 19.9 Å². The van der Waals surface area contributed by atoms with E-state index in [0.29, 0.717) is 23.6 Å². The Balaban J connectivity index is 1.20. The summed E-state index contributed by atoms with van der Waals surface area (Å²) in [5.74, 6) is -0.128. The number of ether oxygens (including phenoxy) is 2. The molecule has 4 radical (unpaired) electrons. The molecular formula is C30H30B2N4O5. The number of carbonyl (C=O) groups is 2. The normalized spacial score (nSPS) is 20.1. The van der Waals surface area contributed by atoms with Crippen LogP contribution in [0.15, 0.2) is 66.9 Å². The van der Waals surface area contributed by atoms with Crippen LogP contribution in [0.1, 0.15) is 35.3 Å². The molecule has 2 saturated heterocycles. The first-order chi connectivity index (χ1) is 19.7. The van der Waals surface area contributed by atoms with Crippen LogP contribution in [0, 0.1) is 5.41 Å². The lowest BCUT2D eigenvalue weighted by molar-refractivity contribution is -0.122. The minimum absolute atomic E-state index is 0.0809. The summed E-state index contributed by atoms with van der Waals surface area (Å²) in [6, 6.07) is 17.1. The van der Waals surface area contributed by atoms with E-state index in [1.165, 1.54) is 12.3 Å². The molecule has 41 heavy (non-hydrogen) atoms. The van der Waals surface area contributed by atoms with Gasteiger partial charge in [0.05, 0.1) is 11.2 Å². The molecule has 0 aliphatic carbocycles. The van der Waals surface area contributed by atoms with Gasteiger partial charge in [-0.1, -0.05) is 24.3 Å². The molecule has 206 valence electrons. The van der Waals surface area contributed by atoms with Crippen molar-refractivity contribution in [1.29, 1.82) is 0 Å². The van der Waals surface area contributed by atoms with Crippen LogP contribution in [0.2, 0.25) is 0 Å². The Kier molecular flexibility index (Phi) is 7.25. The summed E-state index contributed by atoms with van der Waals surface area (Å²) in [5, 5.41) is 13.5. The summed E-state index contributed by atoms with van der Waals surface area (Å²) >= 11 is 0. The Morgan fingerprint density at radius 1 is 1.07 bits per heavy atom. The number of fused-ring (bicyclic) bond motifs is 1. The van der Waals surface area contributed by atoms with Crippen LogP contribution in [0.5, 0.6) is 11.5 Å². The lowest BCUT2D eigenvalue weighted by Gasteiger charge is -2.53. The van der Waals surface area contributed by atoms with Crippen molar-refractivity contribution in [3.8, 4) is 11.5 Å². The van der Waals surface area contributed by atoms with Crippen molar-refractivity contribution in [3.05, 3.63) is 78.1 Å². The van der Waals surface area contributed by atoms with Gasteiger partial charge in [0.25, 0.3) is 11.8 Å². The second kappa shape index (κ2) is 10.9. The third-order valence-electron chi connectivity index (χ3n) is 8.11. The average Bonchev–Trinajstić information content (AvgIpc) is 3.08. The van der Waals surface area contributed by atoms with Gasteiger partial charge in [-0.15, -0.1) is 0 Å². The van der Waals surface area contributed by atoms with Crippen molar-refractivity contribution < 1.29 is 24.2 Å². The number of anilines is 2. The number of para-hydroxylation sites is 1. The van der Waals surface area contributed by atoms with E-state index >= 15 is 0 Å². The molecule has 0 saturated carbocycles. The highest BCUT2D eigenvalue weighted by atomic mass is 16.5. The van der Waals surface area contributed by atoms with Gasteiger partial charge in [-0.05, 0) is 61.6 Å². The Morgan fingerprint density at radius 3 is 2.56 bits per heavy atom. The van der Waals surface area contributed by atoms with Crippen molar-refractivity contribution in [2.24, 2.45) is 5.41 Å². The number of aliphatic hydroxyl groups is 1. The topological polar surface area (TPSA) is 104 Å². The molecule has 6 rings (SSSR count). The lowest BCUT2D eigenvalue weighted by Crippen LogP contribution is -2.59. The molecule has 2 amide bonds. The van der Waals surface area contributed by atoms with Gasteiger partial charge in [0.15, 0.2) is 0 Å². The van der Waals surface area contributed by atoms with E-state index in [9.17, 15) is 14.7 Å². The third kappa shape index (κ3) is 5.69. The highest BCUT2D eigenvalue weighted by Crippen LogP contribution is 2.43. The number of benzene rings is 2. The van der Waals surface area contributed by atoms with Gasteiger partial charge < -0.3 is 24.8 Å². The number of amides is 2. The zero-order valence-electron chi connectivity index (χ0n) is 22.7. The minimum atomic E-state index is -2.48. The molecule has 3 aromatic rings. The van der Waals surface area contributed by atoms with Gasteiger partial charge in [0.2, 0.25) is 0 Å². The van der Waals surface area contributed by atoms with Crippen molar-refractivity contribution in [3.63, 3.8) is 0 Å². The highest BCUT2D eigenvalue weighted by molar-refractivity contribution is 6.42. The summed E-state index contributed by atoms with van der Waals surface area (Å²) in [6.45, 7) is 3.36. The number of rotatable bonds is 6. The predicted molar refractivity (Wildman–Crippen MR) is 155 cm³/mol. The largest absolute Gasteiger partial charge is 0.457 e. The maximum Gasteiger partial charge on any atom is 0.270 e. The Labute approximate surface area is 241 Å². The number of aromatic nitrogens is 1. The van der Waals surface area contributed by atoms with Gasteiger partial charge in [0, 0.05) is 49.7 Å². The van der Waals surface area contributed by atoms with Gasteiger partial charge in [-0.2, -0.15) is 0 Å². The lowest BCUT2D eigenvalue weighted by atomic mass is 9.71. The summed E-state index contributed by atoms with van der Waals surface area (Å²) in [5.41, 5.74) is 0.0147. The zero-order valence-corrected chi connectivity index (χ0v) is 22.7. The molecule has 1 unspecified atom stereocenters. The van der Waals surface area contributed by atoms with Crippen molar-refractivity contribution in [2.45, 2.75) is 37.2 Å². The van der Waals surface area contributed by atoms with Gasteiger partial charge in [0.1, 0.15) is 38.9 Å². The summed E-state index contributed by atoms with van der Waals surface area (Å²) in [6.07, 6.45) is 4.27. The molecule has 1 spiro atoms. The SMILES string of the molecule is [B]C([B])(O)N1C(=O)C(NC(=O)c2cc(Oc3ccccc3)ccn2)CCc2ccc(N3CC4(CCOCC4)C3)cc21. The highest BCUT2D eigenvalue weighted by Gasteiger charge is 2.44. The van der Waals surface area contributed by atoms with E-state index < -0.39 is 23.4 Å². The summed E-state index contributed by atoms with van der Waals surface area (Å²) < 4.78 is 11.3. The maximum absolute atomic E-state index is 13.8. The van der Waals surface area contributed by atoms with Crippen LogP contribution in [0.4, 0.5) is 11.4 Å². The average molecular weight is 548 g/mol. The number of pyridine rings is 1. The Hall–Kier alpha value is -3.82. The first kappa shape index (κ1) is 27.4. The monoisotopic (exact) mass is 548 g/mol. The van der Waals surface area contributed by atoms with Crippen LogP contribution in [0.3, 0.4) is 0 Å². The quantitative estimate of drug-likeness (QED) is 0.457. The third-order valence-corrected chi connectivity index (χ3v) is 8.11. The minimum Gasteiger partial charge on any atom is -0.457 e. The maximum atomic E-state index is 13.8. The fourth-order valence-corrected chi connectivity index (χ4v) is 5.89. The number of carbonyl (C=O) groups excluding carboxylic acids is 2. The predicted octanol–water partition coefficient (Wildman–Crippen LogP) is 2.51. The Morgan fingerprint density at radius 2 is 1.83 bits per heavy atom. The molecular weight excluding hydrogens is 518 g/mol. The van der Waals surface area contributed by atoms with Gasteiger partial charge in [-0.3, -0.25) is 19.5 Å². The molecule has 1 atom stereocenters. The van der Waals surface area contributed by atoms with Crippen LogP contribution in [0.25, 0.3) is 0 Å². The fourth-order valence-electron chi connectivity index (χ4n) is 5.89. The van der Waals surface area contributed by atoms with Gasteiger partial charge in [-0.25, -0.2) is 0 Å². The van der Waals surface area contributed by atoms with Crippen LogP contribution in [-0.4, -0.2) is 75.5 Å². The molecule has 4 heterocycles. The molecule has 11 heteroatoms. The van der Waals surface area contributed by atoms with E-state index in [2.05, 4.69) is 15.2 Å². The van der Waals surface area contributed by atoms with E-state index in [0.717, 1.165) is 55.3 Å². The Bertz CT molecular complexity index is 1430. The number of nitrogens with one attached hydrogen (secondary N) is 1. The molecule has 9 nitrogen and oxygen atoms in total. The van der Waals surface area contributed by atoms with E-state index in [1.807, 2.05) is 36.4 Å². The number of aryl methyl sites for hydroxylation is 1. The van der Waals surface area contributed by atoms with E-state index in [1.54, 1.807) is 18.2 Å². The fraction of sp³-hybridized carbons (Fsp3) is 0.367. The smallest absolute Gasteiger partial charge is 0.270 e. The molecule has 2 aromatic carbocycles. The molecule has 0 bridgehead atoms. The second-order valence-electron chi connectivity index (χ2n) is 11.1. The van der Waals surface area contributed by atoms with Gasteiger partial charge >= 0.3 is 0 Å². The standard InChI is InChI=1S/C30H30B2N4O5/c31-30(32,39)36-26-16-21(35-18-29(19-35)11-14-40-15-12-29)8-6-20(26)7-9-24(28(36)38)34-27(37)25-17-23(10-13-33-25)41-22-4-2-1-3-5-22/h1-6,8,10,13,16-17,24,39H,7,9,11-12,14-15,18-19H2,(H,34,37). The second-order valence-corrected chi connectivity index (χ2v) is 11.1. The van der Waals surface area contributed by atoms with Crippen LogP contribution >= 0.6 is 0 Å². The van der Waals surface area contributed by atoms with Crippen molar-refractivity contribution >= 4 is 38.9 Å². The number of hydrogen-bond donors (Lipinski definition) is 2. The van der Waals surface area contributed by atoms with Crippen molar-refractivity contribution in [2.75, 3.05) is 36.1 Å². The molecule has 2 N–H and O–H groups in total. The number of nitrogens with zero attached hydrogens (tertiary/aromatic N) is 3. The molecule has 1 aromatic heterocycles. The van der Waals surface area contributed by atoms with E-state index in [-0.39, 0.29) is 17.5 Å². The molecule has 2 fully saturated rings. The molecule has 3 aliphatic heterocycles. The van der Waals surface area contributed by atoms with E-state index in [4.69, 9.17) is 25.2 Å². The first-order valence-corrected chi connectivity index (χ1v) is 13.8. The van der Waals surface area contributed by atoms with Crippen LogP contribution in [-0.2, 0) is 16.0 Å².